The first kappa shape index (κ1) is 17.3. The van der Waals surface area contributed by atoms with Crippen LogP contribution in [0.2, 0.25) is 0 Å². The molecule has 2 heterocycles. The van der Waals surface area contributed by atoms with Crippen molar-refractivity contribution in [3.05, 3.63) is 88.7 Å². The van der Waals surface area contributed by atoms with Crippen LogP contribution in [0.4, 0.5) is 11.4 Å². The van der Waals surface area contributed by atoms with Crippen LogP contribution in [-0.2, 0) is 13.0 Å². The van der Waals surface area contributed by atoms with E-state index in [2.05, 4.69) is 39.5 Å². The molecule has 1 aromatic heterocycles. The Labute approximate surface area is 159 Å². The average molecular weight is 357 g/mol. The van der Waals surface area contributed by atoms with Gasteiger partial charge in [-0.3, -0.25) is 9.78 Å². The molecule has 27 heavy (non-hydrogen) atoms. The summed E-state index contributed by atoms with van der Waals surface area (Å²) in [6.07, 6.45) is 4.47. The zero-order chi connectivity index (χ0) is 18.8. The van der Waals surface area contributed by atoms with Gasteiger partial charge >= 0.3 is 0 Å². The average Bonchev–Trinajstić information content (AvgIpc) is 2.70. The van der Waals surface area contributed by atoms with E-state index in [0.29, 0.717) is 5.56 Å². The maximum absolute atomic E-state index is 12.7. The van der Waals surface area contributed by atoms with Crippen molar-refractivity contribution in [1.29, 1.82) is 0 Å². The molecule has 136 valence electrons. The molecule has 0 fully saturated rings. The van der Waals surface area contributed by atoms with Crippen LogP contribution in [0.15, 0.2) is 60.9 Å². The number of aromatic nitrogens is 1. The molecule has 1 aliphatic rings. The van der Waals surface area contributed by atoms with Gasteiger partial charge in [0.25, 0.3) is 5.91 Å². The van der Waals surface area contributed by atoms with Gasteiger partial charge in [0, 0.05) is 25.0 Å². The summed E-state index contributed by atoms with van der Waals surface area (Å²) < 4.78 is 0. The molecular formula is C23H23N3O. The summed E-state index contributed by atoms with van der Waals surface area (Å²) in [5.74, 6) is -0.129. The first-order valence-electron chi connectivity index (χ1n) is 9.25. The van der Waals surface area contributed by atoms with Gasteiger partial charge in [-0.05, 0) is 54.7 Å². The first-order chi connectivity index (χ1) is 13.1. The van der Waals surface area contributed by atoms with E-state index in [-0.39, 0.29) is 5.91 Å². The van der Waals surface area contributed by atoms with Gasteiger partial charge in [-0.2, -0.15) is 0 Å². The Bertz CT molecular complexity index is 996. The van der Waals surface area contributed by atoms with Gasteiger partial charge in [0.2, 0.25) is 0 Å². The number of hydrogen-bond acceptors (Lipinski definition) is 3. The van der Waals surface area contributed by atoms with Gasteiger partial charge in [-0.15, -0.1) is 0 Å². The highest BCUT2D eigenvalue weighted by molar-refractivity contribution is 6.05. The fraction of sp³-hybridized carbons (Fsp3) is 0.217. The number of aryl methyl sites for hydroxylation is 2. The summed E-state index contributed by atoms with van der Waals surface area (Å²) in [5.41, 5.74) is 7.32. The highest BCUT2D eigenvalue weighted by atomic mass is 16.1. The molecular weight excluding hydrogens is 334 g/mol. The van der Waals surface area contributed by atoms with Crippen LogP contribution in [0.25, 0.3) is 0 Å². The summed E-state index contributed by atoms with van der Waals surface area (Å²) in [6.45, 7) is 5.79. The number of amides is 1. The summed E-state index contributed by atoms with van der Waals surface area (Å²) in [5, 5.41) is 3.02. The molecule has 1 amide bonds. The predicted molar refractivity (Wildman–Crippen MR) is 109 cm³/mol. The first-order valence-corrected chi connectivity index (χ1v) is 9.25. The van der Waals surface area contributed by atoms with Crippen LogP contribution >= 0.6 is 0 Å². The topological polar surface area (TPSA) is 45.2 Å². The third-order valence-electron chi connectivity index (χ3n) is 5.12. The number of anilines is 2. The zero-order valence-corrected chi connectivity index (χ0v) is 15.7. The van der Waals surface area contributed by atoms with Crippen LogP contribution in [0, 0.1) is 13.8 Å². The summed E-state index contributed by atoms with van der Waals surface area (Å²) >= 11 is 0. The second-order valence-corrected chi connectivity index (χ2v) is 7.14. The van der Waals surface area contributed by atoms with Gasteiger partial charge in [0.1, 0.15) is 0 Å². The number of hydrogen-bond donors (Lipinski definition) is 1. The normalized spacial score (nSPS) is 13.2. The van der Waals surface area contributed by atoms with Crippen molar-refractivity contribution in [1.82, 2.24) is 4.98 Å². The van der Waals surface area contributed by atoms with Gasteiger partial charge in [-0.25, -0.2) is 0 Å². The van der Waals surface area contributed by atoms with Gasteiger partial charge in [-0.1, -0.05) is 36.4 Å². The summed E-state index contributed by atoms with van der Waals surface area (Å²) in [6, 6.07) is 16.5. The molecule has 4 rings (SSSR count). The highest BCUT2D eigenvalue weighted by Crippen LogP contribution is 2.25. The number of pyridine rings is 1. The minimum Gasteiger partial charge on any atom is -0.366 e. The molecule has 0 saturated carbocycles. The van der Waals surface area contributed by atoms with Crippen LogP contribution in [-0.4, -0.2) is 17.4 Å². The van der Waals surface area contributed by atoms with Crippen LogP contribution in [0.3, 0.4) is 0 Å². The van der Waals surface area contributed by atoms with Gasteiger partial charge in [0.15, 0.2) is 0 Å². The maximum Gasteiger partial charge on any atom is 0.257 e. The van der Waals surface area contributed by atoms with Crippen molar-refractivity contribution < 1.29 is 4.79 Å². The van der Waals surface area contributed by atoms with Crippen molar-refractivity contribution in [2.24, 2.45) is 0 Å². The Hall–Kier alpha value is -3.14. The third kappa shape index (κ3) is 3.70. The summed E-state index contributed by atoms with van der Waals surface area (Å²) in [4.78, 5) is 19.3. The quantitative estimate of drug-likeness (QED) is 0.750. The molecule has 0 saturated heterocycles. The number of carbonyl (C=O) groups excluding carboxylic acids is 1. The van der Waals surface area contributed by atoms with Crippen LogP contribution in [0.1, 0.15) is 32.6 Å². The molecule has 0 radical (unpaired) electrons. The Morgan fingerprint density at radius 2 is 1.85 bits per heavy atom. The number of carbonyl (C=O) groups is 1. The lowest BCUT2D eigenvalue weighted by atomic mass is 9.99. The maximum atomic E-state index is 12.7. The fourth-order valence-electron chi connectivity index (χ4n) is 3.51. The molecule has 1 aliphatic heterocycles. The van der Waals surface area contributed by atoms with E-state index < -0.39 is 0 Å². The SMILES string of the molecule is Cc1ccc(C)c(NC(=O)c2cncc(N3CCc4ccccc4C3)c2)c1. The molecule has 0 spiro atoms. The Morgan fingerprint density at radius 1 is 1.04 bits per heavy atom. The Balaban J connectivity index is 1.54. The minimum atomic E-state index is -0.129. The molecule has 0 aliphatic carbocycles. The zero-order valence-electron chi connectivity index (χ0n) is 15.7. The molecule has 0 bridgehead atoms. The van der Waals surface area contributed by atoms with E-state index in [1.165, 1.54) is 11.1 Å². The molecule has 0 atom stereocenters. The molecule has 4 heteroatoms. The lowest BCUT2D eigenvalue weighted by molar-refractivity contribution is 0.102. The number of rotatable bonds is 3. The molecule has 3 aromatic rings. The second-order valence-electron chi connectivity index (χ2n) is 7.14. The Kier molecular flexibility index (Phi) is 4.63. The van der Waals surface area contributed by atoms with Crippen molar-refractivity contribution in [2.45, 2.75) is 26.8 Å². The largest absolute Gasteiger partial charge is 0.366 e. The number of benzene rings is 2. The molecule has 4 nitrogen and oxygen atoms in total. The number of fused-ring (bicyclic) bond motifs is 1. The molecule has 0 unspecified atom stereocenters. The van der Waals surface area contributed by atoms with E-state index in [1.807, 2.05) is 44.3 Å². The van der Waals surface area contributed by atoms with Crippen molar-refractivity contribution in [3.63, 3.8) is 0 Å². The summed E-state index contributed by atoms with van der Waals surface area (Å²) in [7, 11) is 0. The van der Waals surface area contributed by atoms with E-state index >= 15 is 0 Å². The van der Waals surface area contributed by atoms with E-state index in [1.54, 1.807) is 6.20 Å². The van der Waals surface area contributed by atoms with Gasteiger partial charge < -0.3 is 10.2 Å². The number of nitrogens with zero attached hydrogens (tertiary/aromatic N) is 2. The number of nitrogens with one attached hydrogen (secondary N) is 1. The van der Waals surface area contributed by atoms with E-state index in [9.17, 15) is 4.79 Å². The van der Waals surface area contributed by atoms with Crippen LogP contribution < -0.4 is 10.2 Å². The van der Waals surface area contributed by atoms with Crippen LogP contribution in [0.5, 0.6) is 0 Å². The van der Waals surface area contributed by atoms with Crippen molar-refractivity contribution >= 4 is 17.3 Å². The lowest BCUT2D eigenvalue weighted by Gasteiger charge is -2.30. The van der Waals surface area contributed by atoms with Crippen molar-refractivity contribution in [2.75, 3.05) is 16.8 Å². The smallest absolute Gasteiger partial charge is 0.257 e. The van der Waals surface area contributed by atoms with Crippen molar-refractivity contribution in [3.8, 4) is 0 Å². The van der Waals surface area contributed by atoms with E-state index in [4.69, 9.17) is 0 Å². The van der Waals surface area contributed by atoms with Gasteiger partial charge in [0.05, 0.1) is 17.4 Å². The standard InChI is InChI=1S/C23H23N3O/c1-16-7-8-17(2)22(11-16)25-23(27)20-12-21(14-24-13-20)26-10-9-18-5-3-4-6-19(18)15-26/h3-8,11-14H,9-10,15H2,1-2H3,(H,25,27). The highest BCUT2D eigenvalue weighted by Gasteiger charge is 2.18. The Morgan fingerprint density at radius 3 is 2.70 bits per heavy atom. The van der Waals surface area contributed by atoms with E-state index in [0.717, 1.165) is 42.0 Å². The minimum absolute atomic E-state index is 0.129. The fourth-order valence-corrected chi connectivity index (χ4v) is 3.51. The third-order valence-corrected chi connectivity index (χ3v) is 5.12. The predicted octanol–water partition coefficient (Wildman–Crippen LogP) is 4.51. The lowest BCUT2D eigenvalue weighted by Crippen LogP contribution is -2.30. The molecule has 1 N–H and O–H groups in total. The second kappa shape index (κ2) is 7.23. The molecule has 2 aromatic carbocycles. The monoisotopic (exact) mass is 357 g/mol.